The van der Waals surface area contributed by atoms with E-state index in [1.54, 1.807) is 34.0 Å². The Kier molecular flexibility index (Phi) is 4.84. The molecule has 0 radical (unpaired) electrons. The van der Waals surface area contributed by atoms with E-state index in [2.05, 4.69) is 26.2 Å². The van der Waals surface area contributed by atoms with Crippen LogP contribution in [0.1, 0.15) is 10.6 Å². The summed E-state index contributed by atoms with van der Waals surface area (Å²) < 4.78 is 1.08. The van der Waals surface area contributed by atoms with Crippen LogP contribution >= 0.6 is 49.9 Å². The summed E-state index contributed by atoms with van der Waals surface area (Å²) in [5.41, 5.74) is 0.827. The van der Waals surface area contributed by atoms with E-state index < -0.39 is 0 Å². The molecule has 108 valence electrons. The molecule has 3 heterocycles. The number of nitrogens with zero attached hydrogens (tertiary/aromatic N) is 1. The third kappa shape index (κ3) is 4.00. The van der Waals surface area contributed by atoms with Crippen molar-refractivity contribution in [1.29, 1.82) is 0 Å². The number of hydrogen-bond acceptors (Lipinski definition) is 5. The number of hydrogen-bond donors (Lipinski definition) is 1. The molecule has 0 unspecified atom stereocenters. The van der Waals surface area contributed by atoms with E-state index in [1.807, 2.05) is 35.0 Å². The van der Waals surface area contributed by atoms with Crippen LogP contribution in [0.2, 0.25) is 0 Å². The summed E-state index contributed by atoms with van der Waals surface area (Å²) in [6.45, 7) is 0.566. The zero-order chi connectivity index (χ0) is 14.7. The maximum atomic E-state index is 11.9. The quantitative estimate of drug-likeness (QED) is 0.684. The third-order valence-electron chi connectivity index (χ3n) is 2.71. The fourth-order valence-corrected chi connectivity index (χ4v) is 4.82. The van der Waals surface area contributed by atoms with Crippen molar-refractivity contribution in [3.63, 3.8) is 0 Å². The van der Waals surface area contributed by atoms with E-state index in [-0.39, 0.29) is 5.91 Å². The summed E-state index contributed by atoms with van der Waals surface area (Å²) in [7, 11) is 0. The molecule has 21 heavy (non-hydrogen) atoms. The molecule has 1 amide bonds. The lowest BCUT2D eigenvalue weighted by Gasteiger charge is -2.01. The summed E-state index contributed by atoms with van der Waals surface area (Å²) in [5, 5.41) is 7.89. The van der Waals surface area contributed by atoms with Gasteiger partial charge in [0.1, 0.15) is 5.01 Å². The van der Waals surface area contributed by atoms with E-state index in [0.717, 1.165) is 24.2 Å². The van der Waals surface area contributed by atoms with Crippen LogP contribution in [0.4, 0.5) is 0 Å². The number of carbonyl (C=O) groups is 1. The molecule has 3 nitrogen and oxygen atoms in total. The lowest BCUT2D eigenvalue weighted by molar-refractivity contribution is -0.120. The number of nitrogens with one attached hydrogen (secondary N) is 1. The minimum atomic E-state index is 0.00236. The highest BCUT2D eigenvalue weighted by atomic mass is 79.9. The van der Waals surface area contributed by atoms with Gasteiger partial charge in [-0.3, -0.25) is 4.79 Å². The van der Waals surface area contributed by atoms with Crippen molar-refractivity contribution >= 4 is 55.8 Å². The van der Waals surface area contributed by atoms with Crippen molar-refractivity contribution in [2.75, 3.05) is 0 Å². The van der Waals surface area contributed by atoms with Gasteiger partial charge in [-0.15, -0.1) is 34.0 Å². The first-order chi connectivity index (χ1) is 10.2. The standard InChI is InChI=1S/C14H11BrN2OS3/c15-12-4-3-10(21-12)7-16-13(18)6-9-8-20-14(17-9)11-2-1-5-19-11/h1-5,8H,6-7H2,(H,16,18). The topological polar surface area (TPSA) is 42.0 Å². The number of amides is 1. The van der Waals surface area contributed by atoms with Gasteiger partial charge in [-0.1, -0.05) is 6.07 Å². The highest BCUT2D eigenvalue weighted by molar-refractivity contribution is 9.11. The molecule has 0 fully saturated rings. The Balaban J connectivity index is 1.55. The molecule has 0 aliphatic heterocycles. The molecule has 3 aromatic heterocycles. The van der Waals surface area contributed by atoms with Crippen LogP contribution < -0.4 is 5.32 Å². The average Bonchev–Trinajstić information content (AvgIpc) is 3.16. The van der Waals surface area contributed by atoms with Gasteiger partial charge in [-0.05, 0) is 39.5 Å². The Morgan fingerprint density at radius 3 is 2.90 bits per heavy atom. The second-order valence-electron chi connectivity index (χ2n) is 4.28. The summed E-state index contributed by atoms with van der Waals surface area (Å²) >= 11 is 8.29. The van der Waals surface area contributed by atoms with Crippen LogP contribution in [0.25, 0.3) is 9.88 Å². The predicted octanol–water partition coefficient (Wildman–Crippen LogP) is 4.55. The molecule has 7 heteroatoms. The van der Waals surface area contributed by atoms with Crippen LogP contribution in [0.15, 0.2) is 38.8 Å². The fraction of sp³-hybridized carbons (Fsp3) is 0.143. The fourth-order valence-electron chi connectivity index (χ4n) is 1.76. The largest absolute Gasteiger partial charge is 0.351 e. The molecule has 3 aromatic rings. The Hall–Kier alpha value is -1.02. The summed E-state index contributed by atoms with van der Waals surface area (Å²) in [5.74, 6) is 0.00236. The van der Waals surface area contributed by atoms with Crippen molar-refractivity contribution in [1.82, 2.24) is 10.3 Å². The Labute approximate surface area is 142 Å². The Bertz CT molecular complexity index is 733. The third-order valence-corrected chi connectivity index (χ3v) is 6.27. The SMILES string of the molecule is O=C(Cc1csc(-c2cccs2)n1)NCc1ccc(Br)s1. The van der Waals surface area contributed by atoms with Crippen molar-refractivity contribution < 1.29 is 4.79 Å². The molecule has 0 aliphatic rings. The van der Waals surface area contributed by atoms with Gasteiger partial charge in [0.05, 0.1) is 27.3 Å². The minimum Gasteiger partial charge on any atom is -0.351 e. The monoisotopic (exact) mass is 398 g/mol. The van der Waals surface area contributed by atoms with Crippen LogP contribution in [0, 0.1) is 0 Å². The van der Waals surface area contributed by atoms with Crippen LogP contribution in [-0.4, -0.2) is 10.9 Å². The van der Waals surface area contributed by atoms with E-state index in [4.69, 9.17) is 0 Å². The van der Waals surface area contributed by atoms with Gasteiger partial charge in [0.2, 0.25) is 5.91 Å². The first-order valence-corrected chi connectivity index (χ1v) is 9.57. The van der Waals surface area contributed by atoms with E-state index in [1.165, 1.54) is 0 Å². The molecule has 0 bridgehead atoms. The van der Waals surface area contributed by atoms with Crippen molar-refractivity contribution in [3.8, 4) is 9.88 Å². The maximum absolute atomic E-state index is 11.9. The van der Waals surface area contributed by atoms with Gasteiger partial charge in [-0.2, -0.15) is 0 Å². The average molecular weight is 399 g/mol. The van der Waals surface area contributed by atoms with Gasteiger partial charge in [-0.25, -0.2) is 4.98 Å². The molecule has 1 N–H and O–H groups in total. The number of halogens is 1. The minimum absolute atomic E-state index is 0.00236. The molecule has 3 rings (SSSR count). The Morgan fingerprint density at radius 2 is 2.19 bits per heavy atom. The molecular weight excluding hydrogens is 388 g/mol. The van der Waals surface area contributed by atoms with Gasteiger partial charge >= 0.3 is 0 Å². The van der Waals surface area contributed by atoms with E-state index in [0.29, 0.717) is 13.0 Å². The predicted molar refractivity (Wildman–Crippen MR) is 93.0 cm³/mol. The van der Waals surface area contributed by atoms with Gasteiger partial charge in [0.15, 0.2) is 0 Å². The van der Waals surface area contributed by atoms with Crippen molar-refractivity contribution in [2.45, 2.75) is 13.0 Å². The lowest BCUT2D eigenvalue weighted by Crippen LogP contribution is -2.24. The smallest absolute Gasteiger partial charge is 0.226 e. The maximum Gasteiger partial charge on any atom is 0.226 e. The van der Waals surface area contributed by atoms with Crippen molar-refractivity contribution in [2.24, 2.45) is 0 Å². The van der Waals surface area contributed by atoms with E-state index >= 15 is 0 Å². The normalized spacial score (nSPS) is 10.7. The highest BCUT2D eigenvalue weighted by Crippen LogP contribution is 2.28. The highest BCUT2D eigenvalue weighted by Gasteiger charge is 2.09. The van der Waals surface area contributed by atoms with Gasteiger partial charge in [0, 0.05) is 10.3 Å². The van der Waals surface area contributed by atoms with Crippen LogP contribution in [-0.2, 0) is 17.8 Å². The first kappa shape index (κ1) is 14.9. The molecule has 0 saturated heterocycles. The van der Waals surface area contributed by atoms with Crippen molar-refractivity contribution in [3.05, 3.63) is 49.4 Å². The summed E-state index contributed by atoms with van der Waals surface area (Å²) in [4.78, 5) is 18.7. The number of thiophene rings is 2. The molecule has 0 aromatic carbocycles. The molecule has 0 aliphatic carbocycles. The number of rotatable bonds is 5. The number of carbonyl (C=O) groups excluding carboxylic acids is 1. The second kappa shape index (κ2) is 6.83. The number of thiazole rings is 1. The van der Waals surface area contributed by atoms with Crippen LogP contribution in [0.5, 0.6) is 0 Å². The molecule has 0 saturated carbocycles. The summed E-state index contributed by atoms with van der Waals surface area (Å²) in [6.07, 6.45) is 0.328. The molecule has 0 spiro atoms. The zero-order valence-corrected chi connectivity index (χ0v) is 14.9. The lowest BCUT2D eigenvalue weighted by atomic mass is 10.3. The Morgan fingerprint density at radius 1 is 1.29 bits per heavy atom. The second-order valence-corrected chi connectivity index (χ2v) is 8.63. The van der Waals surface area contributed by atoms with Crippen LogP contribution in [0.3, 0.4) is 0 Å². The molecule has 0 atom stereocenters. The van der Waals surface area contributed by atoms with Gasteiger partial charge < -0.3 is 5.32 Å². The zero-order valence-electron chi connectivity index (χ0n) is 10.8. The van der Waals surface area contributed by atoms with Gasteiger partial charge in [0.25, 0.3) is 0 Å². The number of aromatic nitrogens is 1. The molecular formula is C14H11BrN2OS3. The van der Waals surface area contributed by atoms with E-state index in [9.17, 15) is 4.79 Å². The first-order valence-electron chi connectivity index (χ1n) is 6.20. The summed E-state index contributed by atoms with van der Waals surface area (Å²) in [6, 6.07) is 8.04.